The molecule has 0 aliphatic heterocycles. The van der Waals surface area contributed by atoms with Crippen LogP contribution in [0.15, 0.2) is 33.9 Å². The van der Waals surface area contributed by atoms with Gasteiger partial charge in [0.1, 0.15) is 5.69 Å². The van der Waals surface area contributed by atoms with Crippen molar-refractivity contribution >= 4 is 5.97 Å². The van der Waals surface area contributed by atoms with Crippen LogP contribution in [-0.2, 0) is 13.0 Å². The Morgan fingerprint density at radius 2 is 1.74 bits per heavy atom. The zero-order valence-corrected chi connectivity index (χ0v) is 16.1. The monoisotopic (exact) mass is 373 g/mol. The van der Waals surface area contributed by atoms with Crippen molar-refractivity contribution < 1.29 is 9.90 Å². The molecule has 146 valence electrons. The highest BCUT2D eigenvalue weighted by Gasteiger charge is 2.21. The fourth-order valence-corrected chi connectivity index (χ4v) is 3.00. The number of unbranched alkanes of at least 4 members (excludes halogenated alkanes) is 1. The van der Waals surface area contributed by atoms with Crippen molar-refractivity contribution in [2.45, 2.75) is 46.6 Å². The van der Waals surface area contributed by atoms with Crippen molar-refractivity contribution in [3.05, 3.63) is 61.9 Å². The first kappa shape index (κ1) is 20.6. The number of hydrogen-bond donors (Lipinski definition) is 2. The lowest BCUT2D eigenvalue weighted by molar-refractivity contribution is 0.0686. The number of H-pyrrole nitrogens is 1. The molecular formula is C20H27N3O4. The van der Waals surface area contributed by atoms with Crippen molar-refractivity contribution in [2.75, 3.05) is 13.1 Å². The molecule has 0 aliphatic rings. The van der Waals surface area contributed by atoms with Gasteiger partial charge in [-0.15, -0.1) is 0 Å². The summed E-state index contributed by atoms with van der Waals surface area (Å²) in [4.78, 5) is 41.3. The van der Waals surface area contributed by atoms with Crippen LogP contribution in [0, 0.1) is 0 Å². The van der Waals surface area contributed by atoms with Gasteiger partial charge in [0.25, 0.3) is 5.56 Å². The summed E-state index contributed by atoms with van der Waals surface area (Å²) in [7, 11) is 0. The number of aryl methyl sites for hydroxylation is 1. The van der Waals surface area contributed by atoms with E-state index in [1.165, 1.54) is 0 Å². The first-order chi connectivity index (χ1) is 12.9. The Hall–Kier alpha value is -2.67. The third-order valence-electron chi connectivity index (χ3n) is 4.70. The van der Waals surface area contributed by atoms with Gasteiger partial charge in [0.2, 0.25) is 0 Å². The van der Waals surface area contributed by atoms with Gasteiger partial charge in [-0.2, -0.15) is 0 Å². The molecule has 0 unspecified atom stereocenters. The van der Waals surface area contributed by atoms with Crippen LogP contribution in [0.3, 0.4) is 0 Å². The number of benzene rings is 1. The topological polar surface area (TPSA) is 95.4 Å². The lowest BCUT2D eigenvalue weighted by Gasteiger charge is -2.19. The Morgan fingerprint density at radius 1 is 1.11 bits per heavy atom. The smallest absolute Gasteiger partial charge is 0.352 e. The van der Waals surface area contributed by atoms with E-state index in [1.54, 1.807) is 12.1 Å². The maximum atomic E-state index is 13.0. The molecule has 2 N–H and O–H groups in total. The molecule has 7 nitrogen and oxygen atoms in total. The van der Waals surface area contributed by atoms with Crippen LogP contribution in [0.2, 0.25) is 0 Å². The van der Waals surface area contributed by atoms with Gasteiger partial charge in [0.15, 0.2) is 0 Å². The summed E-state index contributed by atoms with van der Waals surface area (Å²) in [5.41, 5.74) is -0.0326. The molecule has 0 bridgehead atoms. The summed E-state index contributed by atoms with van der Waals surface area (Å²) in [6, 6.07) is 7.24. The number of carboxylic acids is 1. The van der Waals surface area contributed by atoms with Crippen molar-refractivity contribution in [1.29, 1.82) is 0 Å². The number of rotatable bonds is 9. The fourth-order valence-electron chi connectivity index (χ4n) is 3.00. The first-order valence-corrected chi connectivity index (χ1v) is 9.36. The zero-order valence-electron chi connectivity index (χ0n) is 16.1. The average molecular weight is 373 g/mol. The second-order valence-corrected chi connectivity index (χ2v) is 6.46. The van der Waals surface area contributed by atoms with Gasteiger partial charge in [-0.05, 0) is 43.6 Å². The van der Waals surface area contributed by atoms with Gasteiger partial charge in [-0.1, -0.05) is 39.3 Å². The normalized spacial score (nSPS) is 11.1. The van der Waals surface area contributed by atoms with E-state index in [9.17, 15) is 19.5 Å². The van der Waals surface area contributed by atoms with Gasteiger partial charge >= 0.3 is 11.7 Å². The summed E-state index contributed by atoms with van der Waals surface area (Å²) < 4.78 is 1.01. The van der Waals surface area contributed by atoms with Gasteiger partial charge in [0.05, 0.1) is 11.3 Å². The number of nitrogens with zero attached hydrogens (tertiary/aromatic N) is 2. The van der Waals surface area contributed by atoms with E-state index < -0.39 is 17.2 Å². The Balaban J connectivity index is 2.55. The number of nitrogens with one attached hydrogen (secondary N) is 1. The molecule has 0 saturated carbocycles. The van der Waals surface area contributed by atoms with Gasteiger partial charge in [0, 0.05) is 6.54 Å². The molecule has 1 aromatic heterocycles. The largest absolute Gasteiger partial charge is 0.477 e. The molecular weight excluding hydrogens is 346 g/mol. The third kappa shape index (κ3) is 4.74. The molecule has 0 fully saturated rings. The van der Waals surface area contributed by atoms with E-state index in [1.807, 2.05) is 30.9 Å². The molecule has 0 amide bonds. The van der Waals surface area contributed by atoms with Crippen molar-refractivity contribution in [1.82, 2.24) is 14.5 Å². The van der Waals surface area contributed by atoms with Crippen LogP contribution in [0.4, 0.5) is 0 Å². The third-order valence-corrected chi connectivity index (χ3v) is 4.70. The van der Waals surface area contributed by atoms with Gasteiger partial charge in [-0.25, -0.2) is 14.2 Å². The molecule has 0 spiro atoms. The maximum Gasteiger partial charge on any atom is 0.352 e. The number of aromatic nitrogens is 2. The quantitative estimate of drug-likeness (QED) is 0.704. The molecule has 0 atom stereocenters. The first-order valence-electron chi connectivity index (χ1n) is 9.36. The molecule has 0 saturated heterocycles. The van der Waals surface area contributed by atoms with Gasteiger partial charge < -0.3 is 10.1 Å². The van der Waals surface area contributed by atoms with E-state index in [4.69, 9.17) is 0 Å². The van der Waals surface area contributed by atoms with Crippen LogP contribution >= 0.6 is 0 Å². The lowest BCUT2D eigenvalue weighted by Crippen LogP contribution is -2.40. The van der Waals surface area contributed by atoms with E-state index in [0.717, 1.165) is 29.4 Å². The molecule has 0 radical (unpaired) electrons. The fraction of sp³-hybridized carbons (Fsp3) is 0.450. The second-order valence-electron chi connectivity index (χ2n) is 6.46. The number of carbonyl (C=O) groups is 1. The zero-order chi connectivity index (χ0) is 20.0. The minimum Gasteiger partial charge on any atom is -0.477 e. The Kier molecular flexibility index (Phi) is 7.12. The van der Waals surface area contributed by atoms with Crippen molar-refractivity contribution in [2.24, 2.45) is 0 Å². The van der Waals surface area contributed by atoms with E-state index in [0.29, 0.717) is 18.8 Å². The molecule has 7 heteroatoms. The van der Waals surface area contributed by atoms with Crippen molar-refractivity contribution in [3.8, 4) is 5.69 Å². The minimum absolute atomic E-state index is 0.0841. The second kappa shape index (κ2) is 9.32. The average Bonchev–Trinajstić information content (AvgIpc) is 2.66. The Labute approximate surface area is 158 Å². The lowest BCUT2D eigenvalue weighted by atomic mass is 10.1. The highest BCUT2D eigenvalue weighted by Crippen LogP contribution is 2.11. The van der Waals surface area contributed by atoms with Gasteiger partial charge in [-0.3, -0.25) is 9.69 Å². The summed E-state index contributed by atoms with van der Waals surface area (Å²) in [6.07, 6.45) is 3.10. The molecule has 2 rings (SSSR count). The summed E-state index contributed by atoms with van der Waals surface area (Å²) >= 11 is 0. The Morgan fingerprint density at radius 3 is 2.26 bits per heavy atom. The van der Waals surface area contributed by atoms with Crippen LogP contribution in [0.1, 0.15) is 55.2 Å². The number of aromatic carboxylic acids is 1. The molecule has 1 heterocycles. The summed E-state index contributed by atoms with van der Waals surface area (Å²) in [5, 5.41) is 9.42. The highest BCUT2D eigenvalue weighted by atomic mass is 16.4. The van der Waals surface area contributed by atoms with Crippen LogP contribution in [0.5, 0.6) is 0 Å². The predicted octanol–water partition coefficient (Wildman–Crippen LogP) is 2.41. The number of aromatic amines is 1. The number of hydrogen-bond acceptors (Lipinski definition) is 4. The summed E-state index contributed by atoms with van der Waals surface area (Å²) in [6.45, 7) is 7.49. The number of carboxylic acid groups (broad SMARTS) is 1. The maximum absolute atomic E-state index is 13.0. The van der Waals surface area contributed by atoms with Crippen LogP contribution in [-0.4, -0.2) is 38.6 Å². The van der Waals surface area contributed by atoms with E-state index in [2.05, 4.69) is 11.9 Å². The SMILES string of the molecule is CCCCc1ccc(-n2c(=O)[nH]c(C(=O)O)c(CN(CC)CC)c2=O)cc1. The van der Waals surface area contributed by atoms with E-state index >= 15 is 0 Å². The minimum atomic E-state index is -1.31. The summed E-state index contributed by atoms with van der Waals surface area (Å²) in [5.74, 6) is -1.31. The molecule has 2 aromatic rings. The Bertz CT molecular complexity index is 893. The predicted molar refractivity (Wildman–Crippen MR) is 105 cm³/mol. The highest BCUT2D eigenvalue weighted by molar-refractivity contribution is 5.86. The van der Waals surface area contributed by atoms with E-state index in [-0.39, 0.29) is 17.8 Å². The van der Waals surface area contributed by atoms with Crippen LogP contribution < -0.4 is 11.2 Å². The molecule has 27 heavy (non-hydrogen) atoms. The van der Waals surface area contributed by atoms with Crippen LogP contribution in [0.25, 0.3) is 5.69 Å². The molecule has 0 aliphatic carbocycles. The molecule has 1 aromatic carbocycles. The standard InChI is InChI=1S/C20H27N3O4/c1-4-7-8-14-9-11-15(12-10-14)23-18(24)16(13-22(5-2)6-3)17(19(25)26)21-20(23)27/h9-12H,4-8,13H2,1-3H3,(H,21,27)(H,25,26). The van der Waals surface area contributed by atoms with Crippen molar-refractivity contribution in [3.63, 3.8) is 0 Å².